The summed E-state index contributed by atoms with van der Waals surface area (Å²) in [5, 5.41) is 0.760. The number of hydrogen-bond donors (Lipinski definition) is 0. The molecule has 5 nitrogen and oxygen atoms in total. The predicted molar refractivity (Wildman–Crippen MR) is 117 cm³/mol. The Bertz CT molecular complexity index is 922. The smallest absolute Gasteiger partial charge is 0.223 e. The molecule has 1 fully saturated rings. The van der Waals surface area contributed by atoms with E-state index >= 15 is 0 Å². The zero-order chi connectivity index (χ0) is 20.4. The van der Waals surface area contributed by atoms with Crippen LogP contribution in [-0.4, -0.2) is 55.9 Å². The summed E-state index contributed by atoms with van der Waals surface area (Å²) in [7, 11) is 0. The molecule has 2 heterocycles. The van der Waals surface area contributed by atoms with Crippen molar-refractivity contribution in [3.63, 3.8) is 0 Å². The van der Waals surface area contributed by atoms with Gasteiger partial charge in [-0.2, -0.15) is 0 Å². The monoisotopic (exact) mass is 411 g/mol. The minimum atomic E-state index is 0.0553. The summed E-state index contributed by atoms with van der Waals surface area (Å²) in [6, 6.07) is 13.7. The van der Waals surface area contributed by atoms with Crippen molar-refractivity contribution in [2.24, 2.45) is 0 Å². The molecule has 0 spiro atoms. The second kappa shape index (κ2) is 8.56. The SMILES string of the molecule is CC(=O)N1CCc2cc(C(=O)CCN3CCN(c4cccc(Cl)c4)CC3)ccc21. The Morgan fingerprint density at radius 3 is 2.52 bits per heavy atom. The minimum Gasteiger partial charge on any atom is -0.369 e. The molecule has 152 valence electrons. The van der Waals surface area contributed by atoms with E-state index in [0.29, 0.717) is 13.0 Å². The Balaban J connectivity index is 1.29. The van der Waals surface area contributed by atoms with Gasteiger partial charge in [-0.3, -0.25) is 14.5 Å². The Kier molecular flexibility index (Phi) is 5.88. The number of hydrogen-bond acceptors (Lipinski definition) is 4. The van der Waals surface area contributed by atoms with Gasteiger partial charge in [0.1, 0.15) is 0 Å². The Morgan fingerprint density at radius 2 is 1.79 bits per heavy atom. The highest BCUT2D eigenvalue weighted by Gasteiger charge is 2.23. The van der Waals surface area contributed by atoms with Gasteiger partial charge in [0.15, 0.2) is 5.78 Å². The Hall–Kier alpha value is -2.37. The fourth-order valence-corrected chi connectivity index (χ4v) is 4.39. The number of rotatable bonds is 5. The van der Waals surface area contributed by atoms with E-state index in [2.05, 4.69) is 15.9 Å². The van der Waals surface area contributed by atoms with Crippen molar-refractivity contribution in [1.82, 2.24) is 4.90 Å². The van der Waals surface area contributed by atoms with Gasteiger partial charge in [-0.05, 0) is 48.4 Å². The van der Waals surface area contributed by atoms with Crippen LogP contribution in [0.15, 0.2) is 42.5 Å². The van der Waals surface area contributed by atoms with Gasteiger partial charge in [0, 0.05) is 74.6 Å². The number of halogens is 1. The molecule has 0 radical (unpaired) electrons. The van der Waals surface area contributed by atoms with E-state index in [9.17, 15) is 9.59 Å². The maximum Gasteiger partial charge on any atom is 0.223 e. The van der Waals surface area contributed by atoms with Crippen molar-refractivity contribution >= 4 is 34.7 Å². The van der Waals surface area contributed by atoms with Gasteiger partial charge in [0.2, 0.25) is 5.91 Å². The summed E-state index contributed by atoms with van der Waals surface area (Å²) in [5.41, 5.74) is 3.96. The van der Waals surface area contributed by atoms with Gasteiger partial charge in [-0.15, -0.1) is 0 Å². The van der Waals surface area contributed by atoms with Crippen LogP contribution in [0.5, 0.6) is 0 Å². The highest BCUT2D eigenvalue weighted by molar-refractivity contribution is 6.30. The Labute approximate surface area is 176 Å². The molecule has 1 amide bonds. The molecule has 0 aliphatic carbocycles. The van der Waals surface area contributed by atoms with Crippen LogP contribution in [0, 0.1) is 0 Å². The summed E-state index contributed by atoms with van der Waals surface area (Å²) in [6.07, 6.45) is 1.34. The van der Waals surface area contributed by atoms with Gasteiger partial charge in [-0.1, -0.05) is 17.7 Å². The zero-order valence-corrected chi connectivity index (χ0v) is 17.5. The van der Waals surface area contributed by atoms with Gasteiger partial charge in [0.25, 0.3) is 0 Å². The van der Waals surface area contributed by atoms with Crippen molar-refractivity contribution in [3.8, 4) is 0 Å². The number of Topliss-reactive ketones (excluding diaryl/α,β-unsaturated/α-hetero) is 1. The molecule has 2 aromatic rings. The van der Waals surface area contributed by atoms with Crippen LogP contribution in [0.25, 0.3) is 0 Å². The second-order valence-corrected chi connectivity index (χ2v) is 8.18. The topological polar surface area (TPSA) is 43.9 Å². The van der Waals surface area contributed by atoms with Crippen LogP contribution in [0.2, 0.25) is 5.02 Å². The van der Waals surface area contributed by atoms with Crippen LogP contribution in [0.1, 0.15) is 29.3 Å². The third kappa shape index (κ3) is 4.46. The van der Waals surface area contributed by atoms with Crippen molar-refractivity contribution in [2.75, 3.05) is 49.1 Å². The maximum atomic E-state index is 12.7. The molecule has 0 bridgehead atoms. The van der Waals surface area contributed by atoms with Gasteiger partial charge in [-0.25, -0.2) is 0 Å². The highest BCUT2D eigenvalue weighted by Crippen LogP contribution is 2.29. The molecule has 2 aliphatic heterocycles. The summed E-state index contributed by atoms with van der Waals surface area (Å²) in [6.45, 7) is 6.83. The standard InChI is InChI=1S/C23H26ClN3O2/c1-17(28)27-10-7-18-15-19(5-6-22(18)27)23(29)8-9-25-11-13-26(14-12-25)21-4-2-3-20(24)16-21/h2-6,15-16H,7-14H2,1H3. The number of piperazine rings is 1. The normalized spacial score (nSPS) is 16.8. The molecule has 29 heavy (non-hydrogen) atoms. The molecule has 0 aromatic heterocycles. The number of benzene rings is 2. The predicted octanol–water partition coefficient (Wildman–Crippen LogP) is 3.64. The maximum absolute atomic E-state index is 12.7. The number of anilines is 2. The minimum absolute atomic E-state index is 0.0553. The fraction of sp³-hybridized carbons (Fsp3) is 0.391. The van der Waals surface area contributed by atoms with Crippen molar-refractivity contribution in [2.45, 2.75) is 19.8 Å². The number of amides is 1. The summed E-state index contributed by atoms with van der Waals surface area (Å²) >= 11 is 6.10. The molecular formula is C23H26ClN3O2. The van der Waals surface area contributed by atoms with Crippen LogP contribution in [0.3, 0.4) is 0 Å². The Morgan fingerprint density at radius 1 is 1.00 bits per heavy atom. The zero-order valence-electron chi connectivity index (χ0n) is 16.7. The van der Waals surface area contributed by atoms with E-state index in [0.717, 1.165) is 66.7 Å². The first-order valence-corrected chi connectivity index (χ1v) is 10.6. The number of fused-ring (bicyclic) bond motifs is 1. The average Bonchev–Trinajstić information content (AvgIpc) is 3.16. The largest absolute Gasteiger partial charge is 0.369 e. The third-order valence-corrected chi connectivity index (χ3v) is 6.11. The first-order valence-electron chi connectivity index (χ1n) is 10.2. The van der Waals surface area contributed by atoms with Crippen LogP contribution in [-0.2, 0) is 11.2 Å². The number of carbonyl (C=O) groups excluding carboxylic acids is 2. The van der Waals surface area contributed by atoms with E-state index in [-0.39, 0.29) is 11.7 Å². The first-order chi connectivity index (χ1) is 14.0. The van der Waals surface area contributed by atoms with E-state index in [1.54, 1.807) is 11.8 Å². The van der Waals surface area contributed by atoms with Gasteiger partial charge >= 0.3 is 0 Å². The lowest BCUT2D eigenvalue weighted by Crippen LogP contribution is -2.46. The molecule has 1 saturated heterocycles. The quantitative estimate of drug-likeness (QED) is 0.704. The molecule has 0 unspecified atom stereocenters. The number of carbonyl (C=O) groups is 2. The van der Waals surface area contributed by atoms with Gasteiger partial charge in [0.05, 0.1) is 0 Å². The fourth-order valence-electron chi connectivity index (χ4n) is 4.21. The number of nitrogens with zero attached hydrogens (tertiary/aromatic N) is 3. The first kappa shape index (κ1) is 19.9. The van der Waals surface area contributed by atoms with Crippen LogP contribution < -0.4 is 9.80 Å². The third-order valence-electron chi connectivity index (χ3n) is 5.88. The molecule has 0 atom stereocenters. The van der Waals surface area contributed by atoms with Crippen molar-refractivity contribution in [3.05, 3.63) is 58.6 Å². The molecule has 6 heteroatoms. The summed E-state index contributed by atoms with van der Waals surface area (Å²) in [4.78, 5) is 30.8. The van der Waals surface area contributed by atoms with Gasteiger partial charge < -0.3 is 9.80 Å². The van der Waals surface area contributed by atoms with E-state index in [4.69, 9.17) is 11.6 Å². The molecule has 2 aromatic carbocycles. The lowest BCUT2D eigenvalue weighted by Gasteiger charge is -2.36. The summed E-state index contributed by atoms with van der Waals surface area (Å²) < 4.78 is 0. The summed E-state index contributed by atoms with van der Waals surface area (Å²) in [5.74, 6) is 0.228. The molecule has 0 saturated carbocycles. The molecule has 2 aliphatic rings. The lowest BCUT2D eigenvalue weighted by atomic mass is 10.0. The average molecular weight is 412 g/mol. The van der Waals surface area contributed by atoms with Crippen molar-refractivity contribution in [1.29, 1.82) is 0 Å². The lowest BCUT2D eigenvalue weighted by molar-refractivity contribution is -0.116. The van der Waals surface area contributed by atoms with E-state index in [1.807, 2.05) is 36.4 Å². The molecule has 0 N–H and O–H groups in total. The number of ketones is 1. The molecular weight excluding hydrogens is 386 g/mol. The van der Waals surface area contributed by atoms with Crippen LogP contribution >= 0.6 is 11.6 Å². The van der Waals surface area contributed by atoms with E-state index < -0.39 is 0 Å². The second-order valence-electron chi connectivity index (χ2n) is 7.75. The van der Waals surface area contributed by atoms with E-state index in [1.165, 1.54) is 0 Å². The van der Waals surface area contributed by atoms with Crippen LogP contribution in [0.4, 0.5) is 11.4 Å². The van der Waals surface area contributed by atoms with Crippen molar-refractivity contribution < 1.29 is 9.59 Å². The molecule has 4 rings (SSSR count). The highest BCUT2D eigenvalue weighted by atomic mass is 35.5.